The number of nitrogens with one attached hydrogen (secondary N) is 6. The van der Waals surface area contributed by atoms with Crippen LogP contribution >= 0.6 is 0 Å². The lowest BCUT2D eigenvalue weighted by Crippen LogP contribution is -2.63. The van der Waals surface area contributed by atoms with Gasteiger partial charge in [0, 0.05) is 32.0 Å². The number of benzene rings is 2. The Hall–Kier alpha value is -6.40. The van der Waals surface area contributed by atoms with Crippen LogP contribution < -0.4 is 31.9 Å². The van der Waals surface area contributed by atoms with Crippen LogP contribution in [0.1, 0.15) is 139 Å². The van der Waals surface area contributed by atoms with Crippen LogP contribution in [0.4, 0.5) is 14.4 Å². The van der Waals surface area contributed by atoms with Crippen LogP contribution in [0, 0.1) is 5.92 Å². The summed E-state index contributed by atoms with van der Waals surface area (Å²) in [6.07, 6.45) is -1.15. The molecule has 7 amide bonds. The zero-order valence-corrected chi connectivity index (χ0v) is 44.7. The lowest BCUT2D eigenvalue weighted by atomic mass is 9.87. The molecule has 0 spiro atoms. The van der Waals surface area contributed by atoms with Gasteiger partial charge in [-0.2, -0.15) is 0 Å². The fraction of sp³-hybridized carbons (Fsp3) is 0.623. The average Bonchev–Trinajstić information content (AvgIpc) is 3.27. The number of piperidine rings is 1. The first kappa shape index (κ1) is 59.9. The average molecular weight is 1010 g/mol. The van der Waals surface area contributed by atoms with E-state index in [1.54, 1.807) is 93.5 Å². The number of ether oxygens (including phenoxy) is 4. The fourth-order valence-electron chi connectivity index (χ4n) is 8.01. The predicted molar refractivity (Wildman–Crippen MR) is 271 cm³/mol. The quantitative estimate of drug-likeness (QED) is 0.0466. The van der Waals surface area contributed by atoms with Gasteiger partial charge < -0.3 is 55.7 Å². The summed E-state index contributed by atoms with van der Waals surface area (Å²) < 4.78 is 21.4. The SMILES string of the molecule is COC(=O)C1(NC(=O)OC(C)(C)C)CCN(C(=O)[C@@H](CCCCNC(=O)OC(C)(C)C)NC(=O)[C@@H](CC(C)C)NC(=O)[C@@H](Cc2ccccc2)NC(=O)[C@H](NC(=O)OC(C)(C)C)[C@H](C)c2ccccc2)CC1. The van der Waals surface area contributed by atoms with Gasteiger partial charge in [0.25, 0.3) is 0 Å². The minimum absolute atomic E-state index is 0.00991. The van der Waals surface area contributed by atoms with Gasteiger partial charge in [-0.1, -0.05) is 81.4 Å². The Labute approximate surface area is 425 Å². The topological polar surface area (TPSA) is 249 Å². The summed E-state index contributed by atoms with van der Waals surface area (Å²) in [5, 5.41) is 16.7. The highest BCUT2D eigenvalue weighted by atomic mass is 16.6. The largest absolute Gasteiger partial charge is 0.467 e. The van der Waals surface area contributed by atoms with Crippen LogP contribution in [0.2, 0.25) is 0 Å². The first-order chi connectivity index (χ1) is 33.5. The van der Waals surface area contributed by atoms with Gasteiger partial charge in [0.1, 0.15) is 46.5 Å². The molecular weight excluding hydrogens is 927 g/mol. The molecule has 19 nitrogen and oxygen atoms in total. The maximum absolute atomic E-state index is 14.6. The molecule has 1 aliphatic heterocycles. The normalized spacial score (nSPS) is 15.8. The van der Waals surface area contributed by atoms with Crippen molar-refractivity contribution >= 4 is 47.9 Å². The minimum Gasteiger partial charge on any atom is -0.467 e. The molecule has 1 heterocycles. The van der Waals surface area contributed by atoms with Crippen LogP contribution in [-0.4, -0.2) is 126 Å². The maximum Gasteiger partial charge on any atom is 0.408 e. The van der Waals surface area contributed by atoms with E-state index in [1.807, 2.05) is 50.2 Å². The number of hydrogen-bond donors (Lipinski definition) is 6. The van der Waals surface area contributed by atoms with Crippen LogP contribution in [0.25, 0.3) is 0 Å². The summed E-state index contributed by atoms with van der Waals surface area (Å²) in [5.41, 5.74) is -2.44. The Morgan fingerprint density at radius 2 is 1.11 bits per heavy atom. The smallest absolute Gasteiger partial charge is 0.408 e. The van der Waals surface area contributed by atoms with Crippen LogP contribution in [0.15, 0.2) is 60.7 Å². The van der Waals surface area contributed by atoms with E-state index < -0.39 is 100 Å². The molecule has 1 saturated heterocycles. The molecule has 19 heteroatoms. The number of carbonyl (C=O) groups is 8. The lowest BCUT2D eigenvalue weighted by Gasteiger charge is -2.41. The third-order valence-electron chi connectivity index (χ3n) is 11.5. The number of carbonyl (C=O) groups excluding carboxylic acids is 8. The molecule has 5 atom stereocenters. The molecule has 2 aromatic carbocycles. The number of likely N-dealkylation sites (tertiary alicyclic amines) is 1. The highest BCUT2D eigenvalue weighted by molar-refractivity contribution is 5.96. The van der Waals surface area contributed by atoms with Gasteiger partial charge >= 0.3 is 24.2 Å². The number of nitrogens with zero attached hydrogens (tertiary/aromatic N) is 1. The van der Waals surface area contributed by atoms with Gasteiger partial charge in [-0.3, -0.25) is 19.2 Å². The van der Waals surface area contributed by atoms with Crippen molar-refractivity contribution in [2.75, 3.05) is 26.7 Å². The molecule has 0 unspecified atom stereocenters. The number of amides is 7. The molecule has 0 aromatic heterocycles. The Balaban J connectivity index is 1.93. The van der Waals surface area contributed by atoms with Crippen molar-refractivity contribution in [1.29, 1.82) is 0 Å². The standard InChI is InChI=1S/C53H81N7O12/c1-34(2)32-39(56-43(62)40(33-36-22-16-14-17-23-36)57-44(63)41(58-48(67)71-51(7,8)9)35(3)37-24-18-15-19-25-37)42(61)55-38(26-20-21-29-54-47(66)70-50(4,5)6)45(64)60-30-27-53(28-31-60,46(65)69-13)59-49(68)72-52(10,11)12/h14-19,22-25,34-35,38-41H,20-21,26-33H2,1-13H3,(H,54,66)(H,55,61)(H,56,62)(H,57,63)(H,58,67)(H,59,68)/t35-,38-,39-,40-,41-/m1/s1. The number of unbranched alkanes of at least 4 members (excludes halogenated alkanes) is 1. The molecule has 2 aromatic rings. The van der Waals surface area contributed by atoms with E-state index in [2.05, 4.69) is 31.9 Å². The predicted octanol–water partition coefficient (Wildman–Crippen LogP) is 6.18. The summed E-state index contributed by atoms with van der Waals surface area (Å²) in [6, 6.07) is 13.4. The van der Waals surface area contributed by atoms with E-state index in [-0.39, 0.29) is 57.7 Å². The Bertz CT molecular complexity index is 2130. The summed E-state index contributed by atoms with van der Waals surface area (Å²) in [4.78, 5) is 111. The number of rotatable bonds is 21. The Kier molecular flexibility index (Phi) is 22.4. The summed E-state index contributed by atoms with van der Waals surface area (Å²) in [6.45, 7) is 21.2. The number of methoxy groups -OCH3 is 1. The second-order valence-corrected chi connectivity index (χ2v) is 21.8. The van der Waals surface area contributed by atoms with E-state index >= 15 is 0 Å². The number of hydrogen-bond acceptors (Lipinski definition) is 12. The molecule has 6 N–H and O–H groups in total. The summed E-state index contributed by atoms with van der Waals surface area (Å²) >= 11 is 0. The van der Waals surface area contributed by atoms with Crippen molar-refractivity contribution < 1.29 is 57.3 Å². The molecule has 0 saturated carbocycles. The van der Waals surface area contributed by atoms with Crippen molar-refractivity contribution in [1.82, 2.24) is 36.8 Å². The van der Waals surface area contributed by atoms with Crippen LogP contribution in [0.3, 0.4) is 0 Å². The van der Waals surface area contributed by atoms with Gasteiger partial charge in [-0.05, 0) is 118 Å². The summed E-state index contributed by atoms with van der Waals surface area (Å²) in [5.74, 6) is -3.85. The first-order valence-corrected chi connectivity index (χ1v) is 24.9. The highest BCUT2D eigenvalue weighted by Crippen LogP contribution is 2.27. The monoisotopic (exact) mass is 1010 g/mol. The molecule has 400 valence electrons. The van der Waals surface area contributed by atoms with Gasteiger partial charge in [-0.15, -0.1) is 0 Å². The molecule has 0 aliphatic carbocycles. The number of alkyl carbamates (subject to hydrolysis) is 3. The second-order valence-electron chi connectivity index (χ2n) is 21.8. The van der Waals surface area contributed by atoms with E-state index in [0.717, 1.165) is 5.56 Å². The van der Waals surface area contributed by atoms with Crippen LogP contribution in [0.5, 0.6) is 0 Å². The van der Waals surface area contributed by atoms with Gasteiger partial charge in [0.2, 0.25) is 23.6 Å². The first-order valence-electron chi connectivity index (χ1n) is 24.9. The molecule has 0 bridgehead atoms. The molecule has 0 radical (unpaired) electrons. The zero-order chi connectivity index (χ0) is 54.0. The van der Waals surface area contributed by atoms with Crippen molar-refractivity contribution in [2.45, 2.75) is 180 Å². The van der Waals surface area contributed by atoms with E-state index in [1.165, 1.54) is 12.0 Å². The number of esters is 1. The van der Waals surface area contributed by atoms with E-state index in [0.29, 0.717) is 18.4 Å². The maximum atomic E-state index is 14.6. The summed E-state index contributed by atoms with van der Waals surface area (Å²) in [7, 11) is 1.21. The molecule has 1 fully saturated rings. The zero-order valence-electron chi connectivity index (χ0n) is 44.7. The third kappa shape index (κ3) is 20.7. The third-order valence-corrected chi connectivity index (χ3v) is 11.5. The van der Waals surface area contributed by atoms with E-state index in [9.17, 15) is 38.4 Å². The molecule has 72 heavy (non-hydrogen) atoms. The van der Waals surface area contributed by atoms with Gasteiger partial charge in [-0.25, -0.2) is 19.2 Å². The van der Waals surface area contributed by atoms with Gasteiger partial charge in [0.05, 0.1) is 7.11 Å². The van der Waals surface area contributed by atoms with Crippen molar-refractivity contribution in [2.24, 2.45) is 5.92 Å². The van der Waals surface area contributed by atoms with Gasteiger partial charge in [0.15, 0.2) is 0 Å². The van der Waals surface area contributed by atoms with Crippen molar-refractivity contribution in [3.8, 4) is 0 Å². The van der Waals surface area contributed by atoms with E-state index in [4.69, 9.17) is 18.9 Å². The molecular formula is C53H81N7O12. The Morgan fingerprint density at radius 1 is 0.611 bits per heavy atom. The van der Waals surface area contributed by atoms with Crippen molar-refractivity contribution in [3.63, 3.8) is 0 Å². The molecule has 3 rings (SSSR count). The van der Waals surface area contributed by atoms with Crippen molar-refractivity contribution in [3.05, 3.63) is 71.8 Å². The lowest BCUT2D eigenvalue weighted by molar-refractivity contribution is -0.153. The molecule has 1 aliphatic rings. The Morgan fingerprint density at radius 3 is 1.65 bits per heavy atom. The minimum atomic E-state index is -1.48. The van der Waals surface area contributed by atoms with Crippen LogP contribution in [-0.2, 0) is 49.3 Å². The fourth-order valence-corrected chi connectivity index (χ4v) is 8.01. The highest BCUT2D eigenvalue weighted by Gasteiger charge is 2.46. The second kappa shape index (κ2) is 26.9.